The predicted molar refractivity (Wildman–Crippen MR) is 76.8 cm³/mol. The molecule has 0 N–H and O–H groups in total. The summed E-state index contributed by atoms with van der Waals surface area (Å²) in [5.41, 5.74) is 1.20. The first-order valence-corrected chi connectivity index (χ1v) is 6.83. The molecule has 2 unspecified atom stereocenters. The fraction of sp³-hybridized carbons (Fsp3) is 0.500. The molecular weight excluding hydrogens is 228 g/mol. The predicted octanol–water partition coefficient (Wildman–Crippen LogP) is 3.19. The Hall–Kier alpha value is -0.960. The second kappa shape index (κ2) is 5.58. The monoisotopic (exact) mass is 248 g/mol. The Morgan fingerprint density at radius 2 is 2.00 bits per heavy atom. The first-order chi connectivity index (χ1) is 8.24. The maximum Gasteiger partial charge on any atom is 0.132 e. The van der Waals surface area contributed by atoms with Crippen molar-refractivity contribution in [1.82, 2.24) is 4.90 Å². The fourth-order valence-corrected chi connectivity index (χ4v) is 2.40. The molecule has 0 saturated heterocycles. The van der Waals surface area contributed by atoms with Crippen LogP contribution >= 0.6 is 12.6 Å². The van der Waals surface area contributed by atoms with Gasteiger partial charge >= 0.3 is 0 Å². The molecule has 0 radical (unpaired) electrons. The van der Waals surface area contributed by atoms with Crippen molar-refractivity contribution < 1.29 is 0 Å². The van der Waals surface area contributed by atoms with Gasteiger partial charge in [-0.15, -0.1) is 0 Å². The fourth-order valence-electron chi connectivity index (χ4n) is 2.13. The zero-order valence-electron chi connectivity index (χ0n) is 10.5. The van der Waals surface area contributed by atoms with Crippen LogP contribution in [0.4, 0.5) is 0 Å². The molecular formula is C14H20N2S. The average molecular weight is 248 g/mol. The Balaban J connectivity index is 2.21. The van der Waals surface area contributed by atoms with Crippen LogP contribution in [0.3, 0.4) is 0 Å². The minimum Gasteiger partial charge on any atom is -0.351 e. The van der Waals surface area contributed by atoms with Crippen LogP contribution in [0.2, 0.25) is 0 Å². The first-order valence-electron chi connectivity index (χ1n) is 6.32. The second-order valence-corrected chi connectivity index (χ2v) is 5.05. The summed E-state index contributed by atoms with van der Waals surface area (Å²) in [6.07, 6.45) is 2.42. The third-order valence-corrected chi connectivity index (χ3v) is 3.78. The van der Waals surface area contributed by atoms with E-state index >= 15 is 0 Å². The Morgan fingerprint density at radius 1 is 1.29 bits per heavy atom. The highest BCUT2D eigenvalue weighted by molar-refractivity contribution is 7.81. The lowest BCUT2D eigenvalue weighted by atomic mass is 10.1. The zero-order chi connectivity index (χ0) is 12.3. The number of rotatable bonds is 4. The quantitative estimate of drug-likeness (QED) is 0.809. The Kier molecular flexibility index (Phi) is 4.11. The number of thiol groups is 1. The minimum atomic E-state index is 0.0991. The molecule has 1 heterocycles. The molecule has 1 aromatic rings. The Labute approximate surface area is 109 Å². The van der Waals surface area contributed by atoms with E-state index in [1.165, 1.54) is 18.4 Å². The summed E-state index contributed by atoms with van der Waals surface area (Å²) < 4.78 is 0. The third-order valence-electron chi connectivity index (χ3n) is 3.23. The number of aliphatic imine (C=N–C) groups is 1. The number of unbranched alkanes of at least 4 members (excludes halogenated alkanes) is 1. The minimum absolute atomic E-state index is 0.0991. The van der Waals surface area contributed by atoms with Gasteiger partial charge in [0.2, 0.25) is 0 Å². The average Bonchev–Trinajstić information content (AvgIpc) is 2.65. The van der Waals surface area contributed by atoms with Gasteiger partial charge in [-0.1, -0.05) is 43.7 Å². The molecule has 2 rings (SSSR count). The molecule has 0 aliphatic carbocycles. The lowest BCUT2D eigenvalue weighted by molar-refractivity contribution is 0.349. The molecule has 0 fully saturated rings. The van der Waals surface area contributed by atoms with Crippen molar-refractivity contribution in [2.24, 2.45) is 4.99 Å². The van der Waals surface area contributed by atoms with Gasteiger partial charge in [-0.05, 0) is 13.3 Å². The summed E-state index contributed by atoms with van der Waals surface area (Å²) in [6.45, 7) is 5.49. The highest BCUT2D eigenvalue weighted by Crippen LogP contribution is 2.24. The van der Waals surface area contributed by atoms with Crippen molar-refractivity contribution in [2.45, 2.75) is 38.1 Å². The van der Waals surface area contributed by atoms with Gasteiger partial charge in [0.25, 0.3) is 0 Å². The smallest absolute Gasteiger partial charge is 0.132 e. The number of hydrogen-bond acceptors (Lipinski definition) is 3. The molecule has 2 nitrogen and oxygen atoms in total. The van der Waals surface area contributed by atoms with E-state index < -0.39 is 0 Å². The first kappa shape index (κ1) is 12.5. The SMILES string of the molecule is CCCCN1C(c2ccccc2)=NC(S)C1C. The van der Waals surface area contributed by atoms with Gasteiger partial charge in [-0.25, -0.2) is 0 Å². The molecule has 1 aliphatic heterocycles. The van der Waals surface area contributed by atoms with E-state index in [1.54, 1.807) is 0 Å². The summed E-state index contributed by atoms with van der Waals surface area (Å²) >= 11 is 4.55. The molecule has 2 atom stereocenters. The zero-order valence-corrected chi connectivity index (χ0v) is 11.4. The number of hydrogen-bond donors (Lipinski definition) is 1. The molecule has 3 heteroatoms. The van der Waals surface area contributed by atoms with Crippen LogP contribution in [-0.4, -0.2) is 28.7 Å². The number of nitrogens with zero attached hydrogens (tertiary/aromatic N) is 2. The Bertz CT molecular complexity index is 388. The lowest BCUT2D eigenvalue weighted by Crippen LogP contribution is -2.37. The van der Waals surface area contributed by atoms with Gasteiger partial charge < -0.3 is 4.90 Å². The van der Waals surface area contributed by atoms with Crippen molar-refractivity contribution in [3.63, 3.8) is 0 Å². The van der Waals surface area contributed by atoms with E-state index in [1.807, 2.05) is 6.07 Å². The molecule has 1 aliphatic rings. The summed E-state index contributed by atoms with van der Waals surface area (Å²) in [5, 5.41) is 0.0991. The van der Waals surface area contributed by atoms with Crippen LogP contribution in [-0.2, 0) is 0 Å². The lowest BCUT2D eigenvalue weighted by Gasteiger charge is -2.26. The van der Waals surface area contributed by atoms with Crippen LogP contribution in [0.25, 0.3) is 0 Å². The van der Waals surface area contributed by atoms with Crippen LogP contribution < -0.4 is 0 Å². The van der Waals surface area contributed by atoms with Crippen molar-refractivity contribution in [2.75, 3.05) is 6.54 Å². The van der Waals surface area contributed by atoms with Gasteiger partial charge in [0.15, 0.2) is 0 Å². The second-order valence-electron chi connectivity index (χ2n) is 4.52. The van der Waals surface area contributed by atoms with Gasteiger partial charge in [0.1, 0.15) is 11.2 Å². The van der Waals surface area contributed by atoms with E-state index in [9.17, 15) is 0 Å². The molecule has 92 valence electrons. The van der Waals surface area contributed by atoms with Crippen LogP contribution in [0, 0.1) is 0 Å². The van der Waals surface area contributed by atoms with Crippen molar-refractivity contribution >= 4 is 18.5 Å². The van der Waals surface area contributed by atoms with Crippen molar-refractivity contribution in [3.8, 4) is 0 Å². The van der Waals surface area contributed by atoms with Crippen LogP contribution in [0.1, 0.15) is 32.3 Å². The van der Waals surface area contributed by atoms with Crippen molar-refractivity contribution in [1.29, 1.82) is 0 Å². The highest BCUT2D eigenvalue weighted by atomic mass is 32.1. The molecule has 0 aromatic heterocycles. The molecule has 0 amide bonds. The number of amidine groups is 1. The maximum atomic E-state index is 4.68. The number of benzene rings is 1. The van der Waals surface area contributed by atoms with Gasteiger partial charge in [0, 0.05) is 12.1 Å². The standard InChI is InChI=1S/C14H20N2S/c1-3-4-10-16-11(2)14(17)15-13(16)12-8-6-5-7-9-12/h5-9,11,14,17H,3-4,10H2,1-2H3. The molecule has 0 spiro atoms. The summed E-state index contributed by atoms with van der Waals surface area (Å²) in [7, 11) is 0. The van der Waals surface area contributed by atoms with E-state index in [4.69, 9.17) is 0 Å². The largest absolute Gasteiger partial charge is 0.351 e. The molecule has 0 saturated carbocycles. The maximum absolute atomic E-state index is 4.68. The summed E-state index contributed by atoms with van der Waals surface area (Å²) in [4.78, 5) is 7.07. The van der Waals surface area contributed by atoms with Crippen LogP contribution in [0.15, 0.2) is 35.3 Å². The topological polar surface area (TPSA) is 15.6 Å². The van der Waals surface area contributed by atoms with Crippen molar-refractivity contribution in [3.05, 3.63) is 35.9 Å². The molecule has 1 aromatic carbocycles. The van der Waals surface area contributed by atoms with E-state index in [2.05, 4.69) is 60.6 Å². The molecule has 17 heavy (non-hydrogen) atoms. The summed E-state index contributed by atoms with van der Waals surface area (Å²) in [6, 6.07) is 10.8. The Morgan fingerprint density at radius 3 is 2.65 bits per heavy atom. The molecule has 0 bridgehead atoms. The van der Waals surface area contributed by atoms with Gasteiger partial charge in [-0.2, -0.15) is 12.6 Å². The van der Waals surface area contributed by atoms with E-state index in [0.29, 0.717) is 6.04 Å². The van der Waals surface area contributed by atoms with E-state index in [0.717, 1.165) is 12.4 Å². The van der Waals surface area contributed by atoms with E-state index in [-0.39, 0.29) is 5.37 Å². The normalized spacial score (nSPS) is 23.9. The van der Waals surface area contributed by atoms with Gasteiger partial charge in [0.05, 0.1) is 6.04 Å². The third kappa shape index (κ3) is 2.65. The highest BCUT2D eigenvalue weighted by Gasteiger charge is 2.30. The van der Waals surface area contributed by atoms with Gasteiger partial charge in [-0.3, -0.25) is 4.99 Å². The summed E-state index contributed by atoms with van der Waals surface area (Å²) in [5.74, 6) is 1.10. The van der Waals surface area contributed by atoms with Crippen LogP contribution in [0.5, 0.6) is 0 Å².